The minimum absolute atomic E-state index is 0.00347. The predicted molar refractivity (Wildman–Crippen MR) is 261 cm³/mol. The molecule has 0 bridgehead atoms. The van der Waals surface area contributed by atoms with Gasteiger partial charge in [0, 0.05) is 83.0 Å². The molecular weight excluding hydrogens is 917 g/mol. The molecule has 0 aliphatic carbocycles. The van der Waals surface area contributed by atoms with Gasteiger partial charge in [-0.1, -0.05) is 33.8 Å². The van der Waals surface area contributed by atoms with Crippen LogP contribution in [0.4, 0.5) is 20.3 Å². The van der Waals surface area contributed by atoms with E-state index in [1.165, 1.54) is 37.0 Å². The molecule has 1 atom stereocenters. The first kappa shape index (κ1) is 55.5. The summed E-state index contributed by atoms with van der Waals surface area (Å²) < 4.78 is 69.1. The summed E-state index contributed by atoms with van der Waals surface area (Å²) in [4.78, 5) is 29.2. The van der Waals surface area contributed by atoms with E-state index in [0.717, 1.165) is 12.4 Å². The fourth-order valence-corrected chi connectivity index (χ4v) is 9.60. The van der Waals surface area contributed by atoms with Crippen molar-refractivity contribution in [2.24, 2.45) is 23.1 Å². The summed E-state index contributed by atoms with van der Waals surface area (Å²) in [5, 5.41) is 46.9. The van der Waals surface area contributed by atoms with Gasteiger partial charge in [0.25, 0.3) is 0 Å². The number of sulfonamides is 1. The third kappa shape index (κ3) is 13.1. The summed E-state index contributed by atoms with van der Waals surface area (Å²) in [6, 6.07) is 7.16. The van der Waals surface area contributed by atoms with Crippen LogP contribution >= 0.6 is 0 Å². The van der Waals surface area contributed by atoms with E-state index in [1.54, 1.807) is 32.6 Å². The maximum absolute atomic E-state index is 15.8. The first-order valence-corrected chi connectivity index (χ1v) is 24.5. The Labute approximate surface area is 401 Å². The van der Waals surface area contributed by atoms with E-state index in [4.69, 9.17) is 4.74 Å². The average Bonchev–Trinajstić information content (AvgIpc) is 4.02. The Bertz CT molecular complexity index is 2630. The number of hydrogen-bond donors (Lipinski definition) is 6. The van der Waals surface area contributed by atoms with Crippen LogP contribution in [0.15, 0.2) is 64.0 Å². The number of fused-ring (bicyclic) bond motifs is 1. The number of rotatable bonds is 17. The molecule has 2 aromatic carbocycles. The Balaban J connectivity index is 0.000000856. The SMILES string of the molecule is C=Nn1cnc(-c2cn[nH]c2)c(OC(C)C)/c1=N/CNc1ccc(S(=O)(=O)N2CCCC(C(O)(O)N3CCC(c4ccc5c(NC)nn(C)c5c4F)CC3)C2)cc1F.CC.CC.O=CCCNC=O. The van der Waals surface area contributed by atoms with Gasteiger partial charge in [-0.2, -0.15) is 19.6 Å². The highest BCUT2D eigenvalue weighted by atomic mass is 32.2. The second-order valence-corrected chi connectivity index (χ2v) is 17.7. The number of benzene rings is 2. The molecule has 378 valence electrons. The average molecular weight is 984 g/mol. The van der Waals surface area contributed by atoms with Crippen molar-refractivity contribution in [2.45, 2.75) is 96.5 Å². The molecule has 7 rings (SSSR count). The van der Waals surface area contributed by atoms with Gasteiger partial charge in [-0.15, -0.1) is 0 Å². The van der Waals surface area contributed by atoms with Crippen LogP contribution in [0.25, 0.3) is 22.2 Å². The second kappa shape index (κ2) is 26.0. The predicted octanol–water partition coefficient (Wildman–Crippen LogP) is 4.99. The number of aliphatic hydroxyl groups is 2. The van der Waals surface area contributed by atoms with Gasteiger partial charge in [0.05, 0.1) is 22.9 Å². The summed E-state index contributed by atoms with van der Waals surface area (Å²) in [6.45, 7) is 16.1. The van der Waals surface area contributed by atoms with Crippen molar-refractivity contribution in [3.63, 3.8) is 0 Å². The van der Waals surface area contributed by atoms with Gasteiger partial charge in [-0.25, -0.2) is 31.9 Å². The van der Waals surface area contributed by atoms with Gasteiger partial charge in [-0.3, -0.25) is 19.5 Å². The molecule has 1 unspecified atom stereocenters. The molecule has 20 nitrogen and oxygen atoms in total. The highest BCUT2D eigenvalue weighted by molar-refractivity contribution is 7.89. The Kier molecular flexibility index (Phi) is 20.9. The largest absolute Gasteiger partial charge is 0.485 e. The van der Waals surface area contributed by atoms with Crippen molar-refractivity contribution in [1.29, 1.82) is 0 Å². The standard InChI is InChI=1S/C38H48F2N12O5S.C4H7NO2.2C2H6/c1-23(2)57-35-33(25-18-46-47-19-25)45-22-52(42-4)37(35)44-21-43-31-11-8-27(17-30(31)39)58(55,56)51-14-6-7-26(20-51)38(53,54)50-15-12-24(13-16-50)28-9-10-29-34(32(28)40)49(5)48-36(29)41-3;6-3-1-2-5-4-7;2*1-2/h8-11,17-19,22-24,26,43,53-54H,4,6-7,12-16,20-21H2,1-3,5H3,(H,41,48)(H,46,47);3-4H,1-2H2,(H,5,7);2*1-2H3/b44-37-;;;. The van der Waals surface area contributed by atoms with E-state index in [9.17, 15) is 28.2 Å². The van der Waals surface area contributed by atoms with Gasteiger partial charge in [0.2, 0.25) is 22.3 Å². The number of aromatic amines is 1. The molecule has 2 aliphatic heterocycles. The van der Waals surface area contributed by atoms with Crippen LogP contribution in [0, 0.1) is 17.6 Å². The smallest absolute Gasteiger partial charge is 0.243 e. The number of anilines is 2. The van der Waals surface area contributed by atoms with Crippen molar-refractivity contribution in [3.8, 4) is 17.0 Å². The van der Waals surface area contributed by atoms with Crippen LogP contribution < -0.4 is 26.2 Å². The van der Waals surface area contributed by atoms with Gasteiger partial charge in [0.1, 0.15) is 36.3 Å². The number of aldehydes is 1. The summed E-state index contributed by atoms with van der Waals surface area (Å²) in [5.74, 6) is -3.58. The minimum atomic E-state index is -4.22. The Morgan fingerprint density at radius 1 is 1.07 bits per heavy atom. The maximum atomic E-state index is 15.8. The topological polar surface area (TPSA) is 250 Å². The van der Waals surface area contributed by atoms with Crippen LogP contribution in [-0.2, 0) is 26.7 Å². The number of amides is 1. The highest BCUT2D eigenvalue weighted by Crippen LogP contribution is 2.39. The lowest BCUT2D eigenvalue weighted by Crippen LogP contribution is -2.60. The normalized spacial score (nSPS) is 16.0. The quantitative estimate of drug-likeness (QED) is 0.0311. The molecule has 1 amide bonds. The summed E-state index contributed by atoms with van der Waals surface area (Å²) in [6.07, 6.45) is 7.82. The fourth-order valence-electron chi connectivity index (χ4n) is 8.06. The molecule has 0 radical (unpaired) electrons. The maximum Gasteiger partial charge on any atom is 0.243 e. The van der Waals surface area contributed by atoms with E-state index < -0.39 is 27.7 Å². The van der Waals surface area contributed by atoms with E-state index in [-0.39, 0.29) is 66.8 Å². The van der Waals surface area contributed by atoms with Crippen molar-refractivity contribution in [3.05, 3.63) is 71.7 Å². The number of likely N-dealkylation sites (tertiary alicyclic amines) is 1. The summed E-state index contributed by atoms with van der Waals surface area (Å²) >= 11 is 0. The highest BCUT2D eigenvalue weighted by Gasteiger charge is 2.46. The number of aromatic nitrogens is 6. The molecule has 2 fully saturated rings. The lowest BCUT2D eigenvalue weighted by molar-refractivity contribution is -0.303. The Morgan fingerprint density at radius 2 is 1.80 bits per heavy atom. The monoisotopic (exact) mass is 983 g/mol. The number of aryl methyl sites for hydroxylation is 1. The molecule has 5 heterocycles. The van der Waals surface area contributed by atoms with E-state index in [1.807, 2.05) is 47.6 Å². The lowest BCUT2D eigenvalue weighted by Gasteiger charge is -2.46. The summed E-state index contributed by atoms with van der Waals surface area (Å²) in [5.41, 5.74) is 2.33. The molecule has 0 spiro atoms. The fraction of sp³-hybridized carbons (Fsp3) is 0.500. The summed E-state index contributed by atoms with van der Waals surface area (Å²) in [7, 11) is -0.793. The van der Waals surface area contributed by atoms with Crippen LogP contribution in [0.2, 0.25) is 0 Å². The lowest BCUT2D eigenvalue weighted by atomic mass is 9.86. The first-order valence-electron chi connectivity index (χ1n) is 23.1. The van der Waals surface area contributed by atoms with Gasteiger partial charge in [0.15, 0.2) is 22.9 Å². The number of halogens is 2. The molecule has 69 heavy (non-hydrogen) atoms. The van der Waals surface area contributed by atoms with Gasteiger partial charge in [-0.05, 0) is 75.3 Å². The van der Waals surface area contributed by atoms with Crippen LogP contribution in [0.1, 0.15) is 85.1 Å². The van der Waals surface area contributed by atoms with Crippen LogP contribution in [0.3, 0.4) is 0 Å². The molecule has 2 aliphatic rings. The molecule has 2 saturated heterocycles. The number of nitrogens with zero attached hydrogens (tertiary/aromatic N) is 9. The number of carbonyl (C=O) groups excluding carboxylic acids is 2. The number of nitrogens with one attached hydrogen (secondary N) is 4. The number of H-pyrrole nitrogens is 1. The number of hydrogen-bond acceptors (Lipinski definition) is 15. The van der Waals surface area contributed by atoms with Crippen molar-refractivity contribution in [2.75, 3.05) is 57.1 Å². The van der Waals surface area contributed by atoms with Crippen molar-refractivity contribution in [1.82, 2.24) is 44.2 Å². The van der Waals surface area contributed by atoms with E-state index in [2.05, 4.69) is 53.0 Å². The molecule has 3 aromatic heterocycles. The third-order valence-corrected chi connectivity index (χ3v) is 13.2. The van der Waals surface area contributed by atoms with Crippen molar-refractivity contribution < 1.29 is 41.7 Å². The number of piperidine rings is 2. The van der Waals surface area contributed by atoms with Gasteiger partial charge < -0.3 is 35.7 Å². The third-order valence-electron chi connectivity index (χ3n) is 11.3. The zero-order valence-corrected chi connectivity index (χ0v) is 41.4. The number of ether oxygens (including phenoxy) is 1. The molecule has 23 heteroatoms. The van der Waals surface area contributed by atoms with Crippen LogP contribution in [0.5, 0.6) is 5.75 Å². The zero-order valence-electron chi connectivity index (χ0n) is 40.6. The minimum Gasteiger partial charge on any atom is -0.485 e. The Hall–Kier alpha value is -6.14. The van der Waals surface area contributed by atoms with Crippen molar-refractivity contribution >= 4 is 51.8 Å². The van der Waals surface area contributed by atoms with E-state index >= 15 is 8.78 Å². The van der Waals surface area contributed by atoms with E-state index in [0.29, 0.717) is 84.4 Å². The second-order valence-electron chi connectivity index (χ2n) is 15.8. The molecule has 0 saturated carbocycles. The Morgan fingerprint density at radius 3 is 2.41 bits per heavy atom. The zero-order chi connectivity index (χ0) is 50.9. The molecule has 6 N–H and O–H groups in total. The number of carbonyl (C=O) groups is 2. The molecule has 5 aromatic rings. The molecular formula is C46H67F2N13O7S. The van der Waals surface area contributed by atoms with Gasteiger partial charge >= 0.3 is 0 Å². The first-order chi connectivity index (χ1) is 33.2. The van der Waals surface area contributed by atoms with Crippen LogP contribution in [-0.4, -0.2) is 135 Å².